The molecular formula is C16H16Br2N2O2. The summed E-state index contributed by atoms with van der Waals surface area (Å²) in [4.78, 5) is 18.6. The number of aromatic nitrogens is 1. The van der Waals surface area contributed by atoms with Gasteiger partial charge in [0.2, 0.25) is 5.78 Å². The summed E-state index contributed by atoms with van der Waals surface area (Å²) in [6, 6.07) is 6.31. The zero-order valence-corrected chi connectivity index (χ0v) is 15.1. The van der Waals surface area contributed by atoms with Crippen LogP contribution in [0.1, 0.15) is 29.1 Å². The molecule has 6 heteroatoms. The number of nitrogens with zero attached hydrogens (tertiary/aromatic N) is 2. The van der Waals surface area contributed by atoms with Gasteiger partial charge < -0.3 is 4.42 Å². The van der Waals surface area contributed by atoms with Crippen molar-refractivity contribution in [1.29, 1.82) is 0 Å². The van der Waals surface area contributed by atoms with E-state index in [1.165, 1.54) is 18.0 Å². The number of ketones is 1. The van der Waals surface area contributed by atoms with Crippen molar-refractivity contribution in [1.82, 2.24) is 9.88 Å². The van der Waals surface area contributed by atoms with Crippen LogP contribution in [0.5, 0.6) is 0 Å². The Bertz CT molecular complexity index is 650. The molecule has 1 saturated heterocycles. The summed E-state index contributed by atoms with van der Waals surface area (Å²) in [5.41, 5.74) is 1.27. The van der Waals surface area contributed by atoms with Crippen LogP contribution in [0.25, 0.3) is 0 Å². The molecule has 0 spiro atoms. The SMILES string of the molecule is O=C(c1ncco1)C1CCN(Cc2ccc(Br)c(Br)c2)CC1. The Kier molecular flexibility index (Phi) is 5.10. The lowest BCUT2D eigenvalue weighted by Gasteiger charge is -2.30. The number of likely N-dealkylation sites (tertiary alicyclic amines) is 1. The van der Waals surface area contributed by atoms with E-state index < -0.39 is 0 Å². The zero-order valence-electron chi connectivity index (χ0n) is 12.0. The van der Waals surface area contributed by atoms with Crippen molar-refractivity contribution in [3.63, 3.8) is 0 Å². The maximum Gasteiger partial charge on any atom is 0.263 e. The molecule has 3 rings (SSSR count). The minimum absolute atomic E-state index is 0.0338. The molecule has 0 N–H and O–H groups in total. The maximum absolute atomic E-state index is 12.2. The molecule has 1 aromatic heterocycles. The number of hydrogen-bond donors (Lipinski definition) is 0. The fraction of sp³-hybridized carbons (Fsp3) is 0.375. The summed E-state index contributed by atoms with van der Waals surface area (Å²) in [6.45, 7) is 2.75. The van der Waals surface area contributed by atoms with Crippen molar-refractivity contribution in [2.24, 2.45) is 5.92 Å². The van der Waals surface area contributed by atoms with Crippen LogP contribution in [0.4, 0.5) is 0 Å². The Labute approximate surface area is 146 Å². The Morgan fingerprint density at radius 1 is 1.27 bits per heavy atom. The van der Waals surface area contributed by atoms with Gasteiger partial charge in [-0.15, -0.1) is 0 Å². The Hall–Kier alpha value is -0.980. The van der Waals surface area contributed by atoms with E-state index >= 15 is 0 Å². The number of carbonyl (C=O) groups is 1. The molecule has 1 aromatic carbocycles. The monoisotopic (exact) mass is 426 g/mol. The van der Waals surface area contributed by atoms with Crippen molar-refractivity contribution >= 4 is 37.6 Å². The van der Waals surface area contributed by atoms with Crippen LogP contribution in [-0.4, -0.2) is 28.8 Å². The standard InChI is InChI=1S/C16H16Br2N2O2/c17-13-2-1-11(9-14(13)18)10-20-6-3-12(4-7-20)15(21)16-19-5-8-22-16/h1-2,5,8-9,12H,3-4,6-7,10H2. The molecule has 0 radical (unpaired) electrons. The average molecular weight is 428 g/mol. The van der Waals surface area contributed by atoms with Crippen LogP contribution in [0.15, 0.2) is 44.0 Å². The number of hydrogen-bond acceptors (Lipinski definition) is 4. The van der Waals surface area contributed by atoms with Crippen LogP contribution in [-0.2, 0) is 6.54 Å². The van der Waals surface area contributed by atoms with Gasteiger partial charge in [0.15, 0.2) is 0 Å². The van der Waals surface area contributed by atoms with E-state index in [2.05, 4.69) is 59.9 Å². The normalized spacial score (nSPS) is 16.8. The fourth-order valence-electron chi connectivity index (χ4n) is 2.77. The van der Waals surface area contributed by atoms with E-state index in [-0.39, 0.29) is 17.6 Å². The molecule has 22 heavy (non-hydrogen) atoms. The van der Waals surface area contributed by atoms with Crippen molar-refractivity contribution in [3.05, 3.63) is 51.1 Å². The van der Waals surface area contributed by atoms with Gasteiger partial charge in [0, 0.05) is 21.4 Å². The number of oxazole rings is 1. The lowest BCUT2D eigenvalue weighted by molar-refractivity contribution is 0.0799. The van der Waals surface area contributed by atoms with Crippen molar-refractivity contribution in [3.8, 4) is 0 Å². The first kappa shape index (κ1) is 15.9. The third-order valence-electron chi connectivity index (χ3n) is 3.99. The summed E-state index contributed by atoms with van der Waals surface area (Å²) in [5, 5.41) is 0. The van der Waals surface area contributed by atoms with Crippen LogP contribution in [0.2, 0.25) is 0 Å². The molecule has 0 atom stereocenters. The second-order valence-corrected chi connectivity index (χ2v) is 7.21. The highest BCUT2D eigenvalue weighted by molar-refractivity contribution is 9.13. The summed E-state index contributed by atoms with van der Waals surface area (Å²) < 4.78 is 7.24. The molecule has 116 valence electrons. The summed E-state index contributed by atoms with van der Waals surface area (Å²) >= 11 is 7.02. The molecule has 0 amide bonds. The first-order chi connectivity index (χ1) is 10.6. The molecule has 0 aliphatic carbocycles. The smallest absolute Gasteiger partial charge is 0.263 e. The molecule has 2 heterocycles. The van der Waals surface area contributed by atoms with Gasteiger partial charge in [-0.2, -0.15) is 0 Å². The molecular weight excluding hydrogens is 412 g/mol. The highest BCUT2D eigenvalue weighted by Gasteiger charge is 2.28. The fourth-order valence-corrected chi connectivity index (χ4v) is 3.44. The van der Waals surface area contributed by atoms with Crippen molar-refractivity contribution < 1.29 is 9.21 Å². The summed E-state index contributed by atoms with van der Waals surface area (Å²) in [5.74, 6) is 0.317. The zero-order chi connectivity index (χ0) is 15.5. The van der Waals surface area contributed by atoms with E-state index in [1.54, 1.807) is 0 Å². The first-order valence-corrected chi connectivity index (χ1v) is 8.82. The molecule has 1 fully saturated rings. The second-order valence-electron chi connectivity index (χ2n) is 5.50. The third-order valence-corrected chi connectivity index (χ3v) is 5.87. The number of piperidine rings is 1. The molecule has 0 saturated carbocycles. The van der Waals surface area contributed by atoms with Gasteiger partial charge >= 0.3 is 0 Å². The summed E-state index contributed by atoms with van der Waals surface area (Å²) in [7, 11) is 0. The van der Waals surface area contributed by atoms with Crippen LogP contribution in [0, 0.1) is 5.92 Å². The van der Waals surface area contributed by atoms with Gasteiger partial charge in [-0.1, -0.05) is 6.07 Å². The highest BCUT2D eigenvalue weighted by Crippen LogP contribution is 2.26. The maximum atomic E-state index is 12.2. The van der Waals surface area contributed by atoms with Gasteiger partial charge in [0.25, 0.3) is 5.89 Å². The predicted octanol–water partition coefficient (Wildman–Crippen LogP) is 4.29. The lowest BCUT2D eigenvalue weighted by atomic mass is 9.92. The Morgan fingerprint density at radius 3 is 2.68 bits per heavy atom. The molecule has 0 unspecified atom stereocenters. The van der Waals surface area contributed by atoms with E-state index in [1.807, 2.05) is 0 Å². The number of benzene rings is 1. The quantitative estimate of drug-likeness (QED) is 0.682. The minimum atomic E-state index is 0.0338. The number of rotatable bonds is 4. The topological polar surface area (TPSA) is 46.3 Å². The van der Waals surface area contributed by atoms with Gasteiger partial charge in [-0.25, -0.2) is 4.98 Å². The van der Waals surface area contributed by atoms with Gasteiger partial charge in [0.05, 0.1) is 6.20 Å². The average Bonchev–Trinajstić information content (AvgIpc) is 3.05. The molecule has 1 aliphatic rings. The number of halogens is 2. The molecule has 1 aliphatic heterocycles. The van der Waals surface area contributed by atoms with Crippen LogP contribution in [0.3, 0.4) is 0 Å². The minimum Gasteiger partial charge on any atom is -0.442 e. The Balaban J connectivity index is 1.55. The largest absolute Gasteiger partial charge is 0.442 e. The van der Waals surface area contributed by atoms with E-state index in [4.69, 9.17) is 4.42 Å². The van der Waals surface area contributed by atoms with Crippen LogP contribution >= 0.6 is 31.9 Å². The molecule has 2 aromatic rings. The number of carbonyl (C=O) groups excluding carboxylic acids is 1. The van der Waals surface area contributed by atoms with E-state index in [0.717, 1.165) is 41.4 Å². The van der Waals surface area contributed by atoms with E-state index in [0.29, 0.717) is 0 Å². The van der Waals surface area contributed by atoms with Gasteiger partial charge in [0.1, 0.15) is 6.26 Å². The van der Waals surface area contributed by atoms with Crippen LogP contribution < -0.4 is 0 Å². The predicted molar refractivity (Wildman–Crippen MR) is 90.7 cm³/mol. The summed E-state index contributed by atoms with van der Waals surface area (Å²) in [6.07, 6.45) is 4.69. The third kappa shape index (κ3) is 3.67. The van der Waals surface area contributed by atoms with Crippen molar-refractivity contribution in [2.45, 2.75) is 19.4 Å². The van der Waals surface area contributed by atoms with Crippen molar-refractivity contribution in [2.75, 3.05) is 13.1 Å². The second kappa shape index (κ2) is 7.06. The molecule has 4 nitrogen and oxygen atoms in total. The lowest BCUT2D eigenvalue weighted by Crippen LogP contribution is -2.36. The van der Waals surface area contributed by atoms with Gasteiger partial charge in [-0.3, -0.25) is 9.69 Å². The highest BCUT2D eigenvalue weighted by atomic mass is 79.9. The molecule has 0 bridgehead atoms. The van der Waals surface area contributed by atoms with Gasteiger partial charge in [-0.05, 0) is 75.5 Å². The number of Topliss-reactive ketones (excluding diaryl/α,β-unsaturated/α-hetero) is 1. The van der Waals surface area contributed by atoms with E-state index in [9.17, 15) is 4.79 Å². The Morgan fingerprint density at radius 2 is 2.05 bits per heavy atom. The first-order valence-electron chi connectivity index (χ1n) is 7.23.